The van der Waals surface area contributed by atoms with Gasteiger partial charge >= 0.3 is 0 Å². The third-order valence-corrected chi connectivity index (χ3v) is 3.87. The summed E-state index contributed by atoms with van der Waals surface area (Å²) in [6, 6.07) is 0.275. The lowest BCUT2D eigenvalue weighted by atomic mass is 9.64. The Labute approximate surface area is 90.5 Å². The van der Waals surface area contributed by atoms with Crippen LogP contribution in [0.1, 0.15) is 61.8 Å². The number of nitrogens with two attached hydrogens (primary N) is 1. The molecular weight excluding hydrogens is 170 g/mol. The zero-order valence-electron chi connectivity index (χ0n) is 11.4. The van der Waals surface area contributed by atoms with Gasteiger partial charge in [-0.1, -0.05) is 55.4 Å². The Hall–Kier alpha value is -0.0400. The van der Waals surface area contributed by atoms with Crippen molar-refractivity contribution in [1.29, 1.82) is 0 Å². The first-order chi connectivity index (χ1) is 5.88. The molecule has 0 saturated heterocycles. The van der Waals surface area contributed by atoms with E-state index in [4.69, 9.17) is 5.73 Å². The molecule has 0 aromatic rings. The van der Waals surface area contributed by atoms with Crippen LogP contribution in [0.2, 0.25) is 0 Å². The van der Waals surface area contributed by atoms with E-state index in [1.165, 1.54) is 0 Å². The van der Waals surface area contributed by atoms with E-state index in [0.29, 0.717) is 10.8 Å². The molecule has 0 fully saturated rings. The van der Waals surface area contributed by atoms with Crippen molar-refractivity contribution in [3.63, 3.8) is 0 Å². The predicted octanol–water partition coefficient (Wildman–Crippen LogP) is 3.82. The first kappa shape index (κ1) is 14.0. The summed E-state index contributed by atoms with van der Waals surface area (Å²) in [7, 11) is 0. The summed E-state index contributed by atoms with van der Waals surface area (Å²) in [6.45, 7) is 18.2. The smallest absolute Gasteiger partial charge is 0.00929 e. The highest BCUT2D eigenvalue weighted by Gasteiger charge is 2.36. The van der Waals surface area contributed by atoms with E-state index in [-0.39, 0.29) is 11.5 Å². The monoisotopic (exact) mass is 199 g/mol. The van der Waals surface area contributed by atoms with Gasteiger partial charge in [-0.25, -0.2) is 0 Å². The molecule has 0 radical (unpaired) electrons. The normalized spacial score (nSPS) is 16.9. The van der Waals surface area contributed by atoms with Gasteiger partial charge in [0.1, 0.15) is 0 Å². The number of rotatable bonds is 2. The molecule has 1 nitrogen and oxygen atoms in total. The zero-order valence-corrected chi connectivity index (χ0v) is 11.4. The van der Waals surface area contributed by atoms with Crippen molar-refractivity contribution in [2.75, 3.05) is 0 Å². The van der Waals surface area contributed by atoms with Crippen LogP contribution in [-0.2, 0) is 0 Å². The Kier molecular flexibility index (Phi) is 3.83. The maximum atomic E-state index is 6.23. The summed E-state index contributed by atoms with van der Waals surface area (Å²) in [5, 5.41) is 0. The van der Waals surface area contributed by atoms with Crippen molar-refractivity contribution in [3.8, 4) is 0 Å². The second kappa shape index (κ2) is 3.84. The lowest BCUT2D eigenvalue weighted by Gasteiger charge is -2.43. The van der Waals surface area contributed by atoms with E-state index in [0.717, 1.165) is 6.42 Å². The summed E-state index contributed by atoms with van der Waals surface area (Å²) < 4.78 is 0. The molecule has 0 aromatic heterocycles. The molecule has 0 aliphatic rings. The average Bonchev–Trinajstić information content (AvgIpc) is 1.80. The molecule has 0 aromatic carbocycles. The van der Waals surface area contributed by atoms with E-state index in [2.05, 4.69) is 55.4 Å². The first-order valence-corrected chi connectivity index (χ1v) is 5.63. The molecule has 0 spiro atoms. The molecule has 0 amide bonds. The third-order valence-electron chi connectivity index (χ3n) is 3.87. The fraction of sp³-hybridized carbons (Fsp3) is 1.00. The minimum Gasteiger partial charge on any atom is -0.327 e. The molecule has 0 aliphatic heterocycles. The largest absolute Gasteiger partial charge is 0.327 e. The molecule has 1 atom stereocenters. The number of hydrogen-bond acceptors (Lipinski definition) is 1. The molecule has 86 valence electrons. The Balaban J connectivity index is 4.53. The second-order valence-corrected chi connectivity index (χ2v) is 7.31. The van der Waals surface area contributed by atoms with Crippen LogP contribution in [0.3, 0.4) is 0 Å². The molecule has 14 heavy (non-hydrogen) atoms. The van der Waals surface area contributed by atoms with Gasteiger partial charge in [-0.2, -0.15) is 0 Å². The maximum Gasteiger partial charge on any atom is 0.00929 e. The quantitative estimate of drug-likeness (QED) is 0.719. The van der Waals surface area contributed by atoms with Crippen molar-refractivity contribution in [3.05, 3.63) is 0 Å². The van der Waals surface area contributed by atoms with Crippen LogP contribution in [0.4, 0.5) is 0 Å². The molecule has 1 heteroatoms. The van der Waals surface area contributed by atoms with Crippen molar-refractivity contribution >= 4 is 0 Å². The molecule has 0 rings (SSSR count). The lowest BCUT2D eigenvalue weighted by molar-refractivity contribution is 0.0886. The molecule has 0 saturated carbocycles. The van der Waals surface area contributed by atoms with Gasteiger partial charge in [0, 0.05) is 6.04 Å². The third kappa shape index (κ3) is 3.61. The average molecular weight is 199 g/mol. The Morgan fingerprint density at radius 1 is 0.857 bits per heavy atom. The van der Waals surface area contributed by atoms with Crippen molar-refractivity contribution in [1.82, 2.24) is 0 Å². The SMILES string of the molecule is CC(C)(C)C(N)CC(C)(C)C(C)(C)C. The summed E-state index contributed by atoms with van der Waals surface area (Å²) in [5.74, 6) is 0. The van der Waals surface area contributed by atoms with Gasteiger partial charge in [0.15, 0.2) is 0 Å². The highest BCUT2D eigenvalue weighted by molar-refractivity contribution is 4.89. The Morgan fingerprint density at radius 2 is 1.21 bits per heavy atom. The molecule has 2 N–H and O–H groups in total. The molecule has 0 bridgehead atoms. The number of hydrogen-bond donors (Lipinski definition) is 1. The van der Waals surface area contributed by atoms with Crippen molar-refractivity contribution < 1.29 is 0 Å². The molecule has 0 aliphatic carbocycles. The van der Waals surface area contributed by atoms with Crippen LogP contribution < -0.4 is 5.73 Å². The minimum absolute atomic E-state index is 0.211. The second-order valence-electron chi connectivity index (χ2n) is 7.31. The lowest BCUT2D eigenvalue weighted by Crippen LogP contribution is -2.42. The van der Waals surface area contributed by atoms with Crippen LogP contribution in [0.25, 0.3) is 0 Å². The van der Waals surface area contributed by atoms with E-state index in [9.17, 15) is 0 Å². The van der Waals surface area contributed by atoms with Crippen molar-refractivity contribution in [2.24, 2.45) is 22.0 Å². The molecular formula is C13H29N. The van der Waals surface area contributed by atoms with Crippen LogP contribution in [0.5, 0.6) is 0 Å². The van der Waals surface area contributed by atoms with Gasteiger partial charge in [0.05, 0.1) is 0 Å². The fourth-order valence-corrected chi connectivity index (χ4v) is 1.16. The minimum atomic E-state index is 0.211. The van der Waals surface area contributed by atoms with Gasteiger partial charge < -0.3 is 5.73 Å². The summed E-state index contributed by atoms with van der Waals surface area (Å²) in [6.07, 6.45) is 1.08. The summed E-state index contributed by atoms with van der Waals surface area (Å²) in [4.78, 5) is 0. The van der Waals surface area contributed by atoms with Gasteiger partial charge in [-0.15, -0.1) is 0 Å². The Morgan fingerprint density at radius 3 is 1.43 bits per heavy atom. The van der Waals surface area contributed by atoms with Gasteiger partial charge in [0.2, 0.25) is 0 Å². The maximum absolute atomic E-state index is 6.23. The summed E-state index contributed by atoms with van der Waals surface area (Å²) >= 11 is 0. The van der Waals surface area contributed by atoms with Gasteiger partial charge in [0.25, 0.3) is 0 Å². The zero-order chi connectivity index (χ0) is 11.8. The van der Waals surface area contributed by atoms with E-state index >= 15 is 0 Å². The van der Waals surface area contributed by atoms with Crippen LogP contribution in [-0.4, -0.2) is 6.04 Å². The first-order valence-electron chi connectivity index (χ1n) is 5.63. The van der Waals surface area contributed by atoms with Crippen LogP contribution >= 0.6 is 0 Å². The van der Waals surface area contributed by atoms with E-state index in [1.54, 1.807) is 0 Å². The predicted molar refractivity (Wildman–Crippen MR) is 65.3 cm³/mol. The van der Waals surface area contributed by atoms with E-state index < -0.39 is 0 Å². The van der Waals surface area contributed by atoms with Gasteiger partial charge in [-0.3, -0.25) is 0 Å². The van der Waals surface area contributed by atoms with Gasteiger partial charge in [-0.05, 0) is 22.7 Å². The molecule has 0 heterocycles. The highest BCUT2D eigenvalue weighted by atomic mass is 14.7. The van der Waals surface area contributed by atoms with Crippen LogP contribution in [0.15, 0.2) is 0 Å². The summed E-state index contributed by atoms with van der Waals surface area (Å²) in [5.41, 5.74) is 7.05. The highest BCUT2D eigenvalue weighted by Crippen LogP contribution is 2.43. The molecule has 1 unspecified atom stereocenters. The standard InChI is InChI=1S/C13H29N/c1-11(2,3)10(14)9-13(7,8)12(4,5)6/h10H,9,14H2,1-8H3. The van der Waals surface area contributed by atoms with Crippen LogP contribution in [0, 0.1) is 16.2 Å². The van der Waals surface area contributed by atoms with E-state index in [1.807, 2.05) is 0 Å². The Bertz CT molecular complexity index is 178. The van der Waals surface area contributed by atoms with Crippen molar-refractivity contribution in [2.45, 2.75) is 67.9 Å². The fourth-order valence-electron chi connectivity index (χ4n) is 1.16. The topological polar surface area (TPSA) is 26.0 Å².